The molecular formula is C22H26FNO4S. The average Bonchev–Trinajstić information content (AvgIpc) is 2.66. The summed E-state index contributed by atoms with van der Waals surface area (Å²) in [5, 5.41) is 0. The zero-order chi connectivity index (χ0) is 21.4. The lowest BCUT2D eigenvalue weighted by atomic mass is 10.1. The Hall–Kier alpha value is -2.38. The molecular weight excluding hydrogens is 393 g/mol. The number of ether oxygens (including phenoxy) is 2. The molecule has 0 radical (unpaired) electrons. The number of carbonyl (C=O) groups is 1. The Kier molecular flexibility index (Phi) is 8.22. The van der Waals surface area contributed by atoms with Gasteiger partial charge in [0.2, 0.25) is 0 Å². The Morgan fingerprint density at radius 3 is 2.45 bits per heavy atom. The fourth-order valence-electron chi connectivity index (χ4n) is 2.31. The van der Waals surface area contributed by atoms with Gasteiger partial charge in [0.25, 0.3) is 0 Å². The maximum absolute atomic E-state index is 14.6. The Morgan fingerprint density at radius 2 is 1.86 bits per heavy atom. The zero-order valence-electron chi connectivity index (χ0n) is 17.1. The quantitative estimate of drug-likeness (QED) is 0.356. The zero-order valence-corrected chi connectivity index (χ0v) is 17.9. The molecule has 0 spiro atoms. The molecule has 0 unspecified atom stereocenters. The molecule has 0 aliphatic carbocycles. The molecule has 7 heteroatoms. The van der Waals surface area contributed by atoms with Crippen LogP contribution >= 0.6 is 0 Å². The van der Waals surface area contributed by atoms with Crippen LogP contribution in [0.4, 0.5) is 4.39 Å². The number of hydrogen-bond donors (Lipinski definition) is 0. The highest BCUT2D eigenvalue weighted by Gasteiger charge is 2.28. The number of hydrogen-bond acceptors (Lipinski definition) is 5. The molecule has 0 aliphatic heterocycles. The second kappa shape index (κ2) is 10.4. The van der Waals surface area contributed by atoms with E-state index < -0.39 is 27.9 Å². The smallest absolute Gasteiger partial charge is 0.312 e. The van der Waals surface area contributed by atoms with Gasteiger partial charge in [-0.15, -0.1) is 0 Å². The molecule has 0 N–H and O–H groups in total. The molecule has 0 fully saturated rings. The van der Waals surface area contributed by atoms with Crippen molar-refractivity contribution in [2.75, 3.05) is 6.61 Å². The first-order valence-electron chi connectivity index (χ1n) is 9.32. The minimum absolute atomic E-state index is 0.0880. The first kappa shape index (κ1) is 22.9. The fourth-order valence-corrected chi connectivity index (χ4v) is 2.95. The van der Waals surface area contributed by atoms with Crippen LogP contribution in [0, 0.1) is 5.82 Å². The topological polar surface area (TPSA) is 71.0 Å². The van der Waals surface area contributed by atoms with Gasteiger partial charge in [-0.3, -0.25) is 4.79 Å². The second-order valence-electron chi connectivity index (χ2n) is 7.30. The lowest BCUT2D eigenvalue weighted by molar-refractivity contribution is -0.141. The van der Waals surface area contributed by atoms with Crippen LogP contribution in [0.15, 0.2) is 52.9 Å². The maximum Gasteiger partial charge on any atom is 0.312 e. The van der Waals surface area contributed by atoms with Crippen LogP contribution < -0.4 is 4.74 Å². The Balaban J connectivity index is 2.24. The number of nitrogens with zero attached hydrogens (tertiary/aromatic N) is 1. The van der Waals surface area contributed by atoms with Crippen LogP contribution in [-0.4, -0.2) is 27.6 Å². The Bertz CT molecular complexity index is 850. The predicted molar refractivity (Wildman–Crippen MR) is 113 cm³/mol. The molecule has 0 aliphatic rings. The van der Waals surface area contributed by atoms with Gasteiger partial charge in [-0.1, -0.05) is 34.7 Å². The molecule has 0 aromatic heterocycles. The highest BCUT2D eigenvalue weighted by Crippen LogP contribution is 2.23. The van der Waals surface area contributed by atoms with Crippen molar-refractivity contribution in [2.45, 2.75) is 45.5 Å². The van der Waals surface area contributed by atoms with Crippen LogP contribution in [-0.2, 0) is 27.5 Å². The SMILES string of the molecule is CCOC(=O)C/C(=N/[S@@+]([O-])C(C)(C)C)c1ccc(OCc2ccccc2)c(F)c1. The van der Waals surface area contributed by atoms with E-state index in [1.807, 2.05) is 30.3 Å². The van der Waals surface area contributed by atoms with Gasteiger partial charge in [-0.25, -0.2) is 4.39 Å². The molecule has 0 saturated heterocycles. The van der Waals surface area contributed by atoms with Crippen LogP contribution in [0.25, 0.3) is 0 Å². The van der Waals surface area contributed by atoms with Gasteiger partial charge in [-0.05, 0) is 51.5 Å². The van der Waals surface area contributed by atoms with Crippen molar-refractivity contribution in [3.63, 3.8) is 0 Å². The van der Waals surface area contributed by atoms with Crippen molar-refractivity contribution >= 4 is 23.0 Å². The second-order valence-corrected chi connectivity index (χ2v) is 9.21. The third kappa shape index (κ3) is 7.18. The van der Waals surface area contributed by atoms with E-state index >= 15 is 0 Å². The van der Waals surface area contributed by atoms with E-state index in [0.717, 1.165) is 5.56 Å². The van der Waals surface area contributed by atoms with E-state index in [0.29, 0.717) is 5.56 Å². The van der Waals surface area contributed by atoms with Gasteiger partial charge in [0.15, 0.2) is 11.6 Å². The number of esters is 1. The molecule has 0 bridgehead atoms. The number of benzene rings is 2. The van der Waals surface area contributed by atoms with Crippen molar-refractivity contribution in [3.8, 4) is 5.75 Å². The van der Waals surface area contributed by atoms with Gasteiger partial charge in [0, 0.05) is 5.56 Å². The van der Waals surface area contributed by atoms with Crippen molar-refractivity contribution in [3.05, 3.63) is 65.5 Å². The summed E-state index contributed by atoms with van der Waals surface area (Å²) in [5.41, 5.74) is 1.49. The maximum atomic E-state index is 14.6. The predicted octanol–water partition coefficient (Wildman–Crippen LogP) is 4.61. The molecule has 2 aromatic carbocycles. The van der Waals surface area contributed by atoms with Gasteiger partial charge >= 0.3 is 5.97 Å². The first-order chi connectivity index (χ1) is 13.7. The molecule has 0 saturated carbocycles. The minimum atomic E-state index is -1.60. The van der Waals surface area contributed by atoms with Crippen molar-refractivity contribution < 1.29 is 23.2 Å². The van der Waals surface area contributed by atoms with Crippen LogP contribution in [0.1, 0.15) is 45.2 Å². The highest BCUT2D eigenvalue weighted by atomic mass is 32.2. The summed E-state index contributed by atoms with van der Waals surface area (Å²) in [4.78, 5) is 11.9. The fraction of sp³-hybridized carbons (Fsp3) is 0.364. The van der Waals surface area contributed by atoms with E-state index in [1.54, 1.807) is 33.8 Å². The number of rotatable bonds is 8. The summed E-state index contributed by atoms with van der Waals surface area (Å²) in [6.45, 7) is 7.46. The van der Waals surface area contributed by atoms with Gasteiger partial charge in [-0.2, -0.15) is 0 Å². The minimum Gasteiger partial charge on any atom is -0.591 e. The standard InChI is InChI=1S/C22H26FNO4S/c1-5-27-21(25)14-19(24-29(26)22(2,3)4)17-11-12-20(18(23)13-17)28-15-16-9-7-6-8-10-16/h6-13H,5,14-15H2,1-4H3/b24-19-/t29-/m0/s1. The molecule has 5 nitrogen and oxygen atoms in total. The molecule has 156 valence electrons. The normalized spacial score (nSPS) is 13.1. The van der Waals surface area contributed by atoms with E-state index in [1.165, 1.54) is 12.1 Å². The van der Waals surface area contributed by atoms with Crippen LogP contribution in [0.5, 0.6) is 5.75 Å². The van der Waals surface area contributed by atoms with Crippen LogP contribution in [0.3, 0.4) is 0 Å². The van der Waals surface area contributed by atoms with E-state index in [4.69, 9.17) is 9.47 Å². The monoisotopic (exact) mass is 419 g/mol. The van der Waals surface area contributed by atoms with Gasteiger partial charge < -0.3 is 14.0 Å². The third-order valence-electron chi connectivity index (χ3n) is 3.84. The molecule has 0 amide bonds. The molecule has 1 atom stereocenters. The van der Waals surface area contributed by atoms with E-state index in [9.17, 15) is 13.7 Å². The summed E-state index contributed by atoms with van der Waals surface area (Å²) in [6.07, 6.45) is -0.195. The highest BCUT2D eigenvalue weighted by molar-refractivity contribution is 7.91. The summed E-state index contributed by atoms with van der Waals surface area (Å²) in [7, 11) is 0. The Labute approximate surface area is 174 Å². The largest absolute Gasteiger partial charge is 0.591 e. The van der Waals surface area contributed by atoms with E-state index in [-0.39, 0.29) is 31.1 Å². The average molecular weight is 420 g/mol. The summed E-state index contributed by atoms with van der Waals surface area (Å²) >= 11 is -1.60. The van der Waals surface area contributed by atoms with Gasteiger partial charge in [0.1, 0.15) is 28.4 Å². The van der Waals surface area contributed by atoms with Gasteiger partial charge in [0.05, 0.1) is 13.0 Å². The summed E-state index contributed by atoms with van der Waals surface area (Å²) in [5.74, 6) is -1.01. The third-order valence-corrected chi connectivity index (χ3v) is 5.27. The lowest BCUT2D eigenvalue weighted by Crippen LogP contribution is -2.27. The van der Waals surface area contributed by atoms with E-state index in [2.05, 4.69) is 4.40 Å². The summed E-state index contributed by atoms with van der Waals surface area (Å²) in [6, 6.07) is 13.7. The first-order valence-corrected chi connectivity index (χ1v) is 10.4. The molecule has 0 heterocycles. The molecule has 2 rings (SSSR count). The molecule has 29 heavy (non-hydrogen) atoms. The van der Waals surface area contributed by atoms with Crippen molar-refractivity contribution in [2.24, 2.45) is 4.40 Å². The van der Waals surface area contributed by atoms with Crippen LogP contribution in [0.2, 0.25) is 0 Å². The number of carbonyl (C=O) groups excluding carboxylic acids is 1. The van der Waals surface area contributed by atoms with Crippen molar-refractivity contribution in [1.82, 2.24) is 0 Å². The van der Waals surface area contributed by atoms with Crippen molar-refractivity contribution in [1.29, 1.82) is 0 Å². The molecule has 2 aromatic rings. The number of halogens is 1. The Morgan fingerprint density at radius 1 is 1.17 bits per heavy atom. The lowest BCUT2D eigenvalue weighted by Gasteiger charge is -2.19. The summed E-state index contributed by atoms with van der Waals surface area (Å²) < 4.78 is 41.1.